The number of allylic oxidation sites excluding steroid dienone is 1. The Labute approximate surface area is 188 Å². The number of hydrogen-bond donors (Lipinski definition) is 1. The Morgan fingerprint density at radius 3 is 2.44 bits per heavy atom. The van der Waals surface area contributed by atoms with Gasteiger partial charge in [-0.15, -0.1) is 0 Å². The van der Waals surface area contributed by atoms with Crippen LogP contribution in [0.5, 0.6) is 11.5 Å². The van der Waals surface area contributed by atoms with Crippen molar-refractivity contribution >= 4 is 29.0 Å². The predicted octanol–water partition coefficient (Wildman–Crippen LogP) is 4.63. The van der Waals surface area contributed by atoms with E-state index in [4.69, 9.17) is 21.7 Å². The number of rotatable bonds is 6. The molecule has 0 saturated carbocycles. The third kappa shape index (κ3) is 4.50. The van der Waals surface area contributed by atoms with Crippen LogP contribution < -0.4 is 19.7 Å². The molecule has 1 aliphatic heterocycles. The highest BCUT2D eigenvalue weighted by Crippen LogP contribution is 2.38. The number of thiocarbonyl (C=S) groups is 1. The molecule has 10 heteroatoms. The second-order valence-electron chi connectivity index (χ2n) is 6.93. The molecule has 32 heavy (non-hydrogen) atoms. The van der Waals surface area contributed by atoms with Gasteiger partial charge in [0.2, 0.25) is 0 Å². The maximum Gasteiger partial charge on any atom is 0.387 e. The summed E-state index contributed by atoms with van der Waals surface area (Å²) in [5.41, 5.74) is 1.87. The molecule has 0 aromatic heterocycles. The molecule has 2 aromatic rings. The molecular weight excluding hydrogens is 445 g/mol. The lowest BCUT2D eigenvalue weighted by atomic mass is 9.94. The van der Waals surface area contributed by atoms with Crippen LogP contribution in [0.2, 0.25) is 0 Å². The molecule has 0 amide bonds. The van der Waals surface area contributed by atoms with Gasteiger partial charge >= 0.3 is 12.6 Å². The summed E-state index contributed by atoms with van der Waals surface area (Å²) >= 11 is 5.50. The van der Waals surface area contributed by atoms with Crippen molar-refractivity contribution in [3.8, 4) is 11.5 Å². The molecule has 0 spiro atoms. The minimum absolute atomic E-state index is 0.101. The van der Waals surface area contributed by atoms with Gasteiger partial charge in [-0.1, -0.05) is 12.1 Å². The van der Waals surface area contributed by atoms with Gasteiger partial charge in [-0.05, 0) is 61.5 Å². The van der Waals surface area contributed by atoms with Crippen molar-refractivity contribution in [3.05, 3.63) is 64.6 Å². The summed E-state index contributed by atoms with van der Waals surface area (Å²) < 4.78 is 54.5. The van der Waals surface area contributed by atoms with E-state index in [2.05, 4.69) is 10.1 Å². The molecule has 0 saturated heterocycles. The molecule has 1 N–H and O–H groups in total. The van der Waals surface area contributed by atoms with Crippen LogP contribution in [0.25, 0.3) is 0 Å². The zero-order valence-corrected chi connectivity index (χ0v) is 18.6. The number of esters is 1. The first-order valence-electron chi connectivity index (χ1n) is 9.46. The fraction of sp³-hybridized carbons (Fsp3) is 0.273. The van der Waals surface area contributed by atoms with Crippen LogP contribution in [0, 0.1) is 12.7 Å². The first-order chi connectivity index (χ1) is 15.2. The first kappa shape index (κ1) is 23.4. The monoisotopic (exact) mass is 466 g/mol. The molecular formula is C22H21F3N2O4S. The maximum atomic E-state index is 14.2. The Kier molecular flexibility index (Phi) is 6.93. The van der Waals surface area contributed by atoms with E-state index in [1.165, 1.54) is 37.3 Å². The number of nitrogens with one attached hydrogen (secondary N) is 1. The van der Waals surface area contributed by atoms with Crippen LogP contribution >= 0.6 is 12.2 Å². The van der Waals surface area contributed by atoms with Crippen molar-refractivity contribution in [1.82, 2.24) is 5.32 Å². The van der Waals surface area contributed by atoms with Gasteiger partial charge in [0.15, 0.2) is 16.6 Å². The predicted molar refractivity (Wildman–Crippen MR) is 116 cm³/mol. The van der Waals surface area contributed by atoms with Crippen LogP contribution in [-0.4, -0.2) is 31.9 Å². The number of aryl methyl sites for hydroxylation is 1. The van der Waals surface area contributed by atoms with E-state index >= 15 is 0 Å². The molecule has 0 fully saturated rings. The first-order valence-corrected chi connectivity index (χ1v) is 9.87. The SMILES string of the molecule is COC(=O)C1=C(C)N(c2ccc(C)c(F)c2)C(=S)NC1c1ccc(OC)c(OC(F)F)c1. The lowest BCUT2D eigenvalue weighted by Crippen LogP contribution is -2.48. The maximum absolute atomic E-state index is 14.2. The van der Waals surface area contributed by atoms with E-state index in [0.717, 1.165) is 0 Å². The highest BCUT2D eigenvalue weighted by Gasteiger charge is 2.36. The Balaban J connectivity index is 2.13. The van der Waals surface area contributed by atoms with Crippen molar-refractivity contribution in [1.29, 1.82) is 0 Å². The summed E-state index contributed by atoms with van der Waals surface area (Å²) in [4.78, 5) is 14.2. The number of halogens is 3. The fourth-order valence-electron chi connectivity index (χ4n) is 3.46. The number of benzene rings is 2. The molecule has 0 bridgehead atoms. The lowest BCUT2D eigenvalue weighted by molar-refractivity contribution is -0.136. The molecule has 2 aromatic carbocycles. The molecule has 1 unspecified atom stereocenters. The van der Waals surface area contributed by atoms with Crippen molar-refractivity contribution in [3.63, 3.8) is 0 Å². The zero-order valence-electron chi connectivity index (χ0n) is 17.7. The van der Waals surface area contributed by atoms with Gasteiger partial charge in [0.25, 0.3) is 0 Å². The topological polar surface area (TPSA) is 60.0 Å². The number of hydrogen-bond acceptors (Lipinski definition) is 5. The van der Waals surface area contributed by atoms with Gasteiger partial charge in [0.1, 0.15) is 5.82 Å². The Morgan fingerprint density at radius 1 is 1.12 bits per heavy atom. The van der Waals surface area contributed by atoms with Crippen molar-refractivity contribution in [2.24, 2.45) is 0 Å². The minimum Gasteiger partial charge on any atom is -0.493 e. The van der Waals surface area contributed by atoms with E-state index < -0.39 is 24.4 Å². The minimum atomic E-state index is -3.07. The van der Waals surface area contributed by atoms with E-state index in [1.807, 2.05) is 0 Å². The quantitative estimate of drug-likeness (QED) is 0.492. The smallest absolute Gasteiger partial charge is 0.387 e. The summed E-state index contributed by atoms with van der Waals surface area (Å²) in [6.45, 7) is 0.209. The number of carbonyl (C=O) groups is 1. The van der Waals surface area contributed by atoms with Crippen molar-refractivity contribution in [2.75, 3.05) is 19.1 Å². The summed E-state index contributed by atoms with van der Waals surface area (Å²) in [6.07, 6.45) is 0. The molecule has 0 radical (unpaired) electrons. The molecule has 1 atom stereocenters. The average Bonchev–Trinajstić information content (AvgIpc) is 2.74. The van der Waals surface area contributed by atoms with Crippen LogP contribution in [0.15, 0.2) is 47.7 Å². The standard InChI is InChI=1S/C22H21F3N2O4S/c1-11-5-7-14(10-15(11)23)27-12(2)18(20(28)30-4)19(26-22(27)32)13-6-8-16(29-3)17(9-13)31-21(24)25/h5-10,19,21H,1-4H3,(H,26,32). The van der Waals surface area contributed by atoms with Gasteiger partial charge < -0.3 is 19.5 Å². The Hall–Kier alpha value is -3.27. The van der Waals surface area contributed by atoms with E-state index in [0.29, 0.717) is 22.5 Å². The summed E-state index contributed by atoms with van der Waals surface area (Å²) in [7, 11) is 2.55. The zero-order chi connectivity index (χ0) is 23.6. The second kappa shape index (κ2) is 9.47. The van der Waals surface area contributed by atoms with E-state index in [-0.39, 0.29) is 22.2 Å². The number of anilines is 1. The molecule has 170 valence electrons. The molecule has 1 heterocycles. The number of ether oxygens (including phenoxy) is 3. The normalized spacial score (nSPS) is 16.2. The van der Waals surface area contributed by atoms with Crippen LogP contribution in [0.1, 0.15) is 24.1 Å². The summed E-state index contributed by atoms with van der Waals surface area (Å²) in [5.74, 6) is -1.18. The number of nitrogens with zero attached hydrogens (tertiary/aromatic N) is 1. The fourth-order valence-corrected chi connectivity index (χ4v) is 3.82. The van der Waals surface area contributed by atoms with Crippen LogP contribution in [-0.2, 0) is 9.53 Å². The van der Waals surface area contributed by atoms with Gasteiger partial charge in [0, 0.05) is 5.70 Å². The number of carbonyl (C=O) groups excluding carboxylic acids is 1. The number of alkyl halides is 2. The lowest BCUT2D eigenvalue weighted by Gasteiger charge is -2.37. The molecule has 1 aliphatic rings. The Bertz CT molecular complexity index is 1090. The van der Waals surface area contributed by atoms with Crippen molar-refractivity contribution in [2.45, 2.75) is 26.5 Å². The summed E-state index contributed by atoms with van der Waals surface area (Å²) in [5, 5.41) is 3.21. The number of methoxy groups -OCH3 is 2. The molecule has 6 nitrogen and oxygen atoms in total. The third-order valence-corrected chi connectivity index (χ3v) is 5.34. The van der Waals surface area contributed by atoms with E-state index in [1.54, 1.807) is 32.0 Å². The largest absolute Gasteiger partial charge is 0.493 e. The Morgan fingerprint density at radius 2 is 1.84 bits per heavy atom. The van der Waals surface area contributed by atoms with Gasteiger partial charge in [-0.3, -0.25) is 4.90 Å². The average molecular weight is 466 g/mol. The summed E-state index contributed by atoms with van der Waals surface area (Å²) in [6, 6.07) is 8.13. The highest BCUT2D eigenvalue weighted by atomic mass is 32.1. The van der Waals surface area contributed by atoms with Crippen LogP contribution in [0.4, 0.5) is 18.9 Å². The third-order valence-electron chi connectivity index (χ3n) is 5.04. The van der Waals surface area contributed by atoms with Gasteiger partial charge in [-0.25, -0.2) is 9.18 Å². The molecule has 3 rings (SSSR count). The molecule has 0 aliphatic carbocycles. The van der Waals surface area contributed by atoms with E-state index in [9.17, 15) is 18.0 Å². The highest BCUT2D eigenvalue weighted by molar-refractivity contribution is 7.80. The van der Waals surface area contributed by atoms with Gasteiger partial charge in [-0.2, -0.15) is 8.78 Å². The van der Waals surface area contributed by atoms with Gasteiger partial charge in [0.05, 0.1) is 31.5 Å². The second-order valence-corrected chi connectivity index (χ2v) is 7.32. The van der Waals surface area contributed by atoms with Crippen LogP contribution in [0.3, 0.4) is 0 Å². The van der Waals surface area contributed by atoms with Crippen molar-refractivity contribution < 1.29 is 32.2 Å².